The average molecular weight is 211 g/mol. The lowest BCUT2D eigenvalue weighted by atomic mass is 9.92. The first kappa shape index (κ1) is 11.2. The summed E-state index contributed by atoms with van der Waals surface area (Å²) in [5.41, 5.74) is -1.22. The SMILES string of the molecule is CC(NC=O)(C(=O)O)c1ccc(F)cc1. The summed E-state index contributed by atoms with van der Waals surface area (Å²) >= 11 is 0. The molecule has 0 bridgehead atoms. The molecule has 5 heteroatoms. The first-order chi connectivity index (χ1) is 7.00. The summed E-state index contributed by atoms with van der Waals surface area (Å²) in [4.78, 5) is 21.3. The van der Waals surface area contributed by atoms with E-state index >= 15 is 0 Å². The number of hydrogen-bond acceptors (Lipinski definition) is 2. The number of carboxylic acid groups (broad SMARTS) is 1. The molecule has 1 rings (SSSR count). The molecule has 4 nitrogen and oxygen atoms in total. The van der Waals surface area contributed by atoms with Gasteiger partial charge < -0.3 is 10.4 Å². The molecule has 0 aliphatic heterocycles. The Hall–Kier alpha value is -1.91. The van der Waals surface area contributed by atoms with Gasteiger partial charge in [0.25, 0.3) is 0 Å². The van der Waals surface area contributed by atoms with Crippen molar-refractivity contribution >= 4 is 12.4 Å². The molecule has 0 heterocycles. The van der Waals surface area contributed by atoms with E-state index < -0.39 is 17.3 Å². The molecule has 0 spiro atoms. The highest BCUT2D eigenvalue weighted by molar-refractivity contribution is 5.82. The lowest BCUT2D eigenvalue weighted by Crippen LogP contribution is -2.45. The Labute approximate surface area is 85.7 Å². The third-order valence-electron chi connectivity index (χ3n) is 2.20. The Bertz CT molecular complexity index is 377. The van der Waals surface area contributed by atoms with Gasteiger partial charge >= 0.3 is 5.97 Å². The molecule has 2 N–H and O–H groups in total. The summed E-state index contributed by atoms with van der Waals surface area (Å²) in [5, 5.41) is 11.2. The van der Waals surface area contributed by atoms with E-state index in [-0.39, 0.29) is 0 Å². The zero-order valence-electron chi connectivity index (χ0n) is 8.03. The van der Waals surface area contributed by atoms with Gasteiger partial charge in [-0.1, -0.05) is 12.1 Å². The van der Waals surface area contributed by atoms with Gasteiger partial charge in [-0.05, 0) is 24.6 Å². The number of rotatable bonds is 4. The van der Waals surface area contributed by atoms with Gasteiger partial charge in [0.1, 0.15) is 5.82 Å². The summed E-state index contributed by atoms with van der Waals surface area (Å²) in [6.07, 6.45) is 0.303. The second kappa shape index (κ2) is 4.08. The molecule has 1 unspecified atom stereocenters. The van der Waals surface area contributed by atoms with Crippen LogP contribution in [-0.4, -0.2) is 17.5 Å². The molecule has 1 atom stereocenters. The van der Waals surface area contributed by atoms with Crippen LogP contribution in [0.4, 0.5) is 4.39 Å². The Morgan fingerprint density at radius 2 is 2.00 bits per heavy atom. The van der Waals surface area contributed by atoms with Crippen LogP contribution in [0.1, 0.15) is 12.5 Å². The third-order valence-corrected chi connectivity index (χ3v) is 2.20. The van der Waals surface area contributed by atoms with Gasteiger partial charge in [0.15, 0.2) is 5.54 Å². The third kappa shape index (κ3) is 2.12. The maximum atomic E-state index is 12.6. The average Bonchev–Trinajstić information content (AvgIpc) is 2.18. The molecule has 1 amide bonds. The van der Waals surface area contributed by atoms with Crippen LogP contribution in [0.5, 0.6) is 0 Å². The first-order valence-electron chi connectivity index (χ1n) is 4.21. The predicted octanol–water partition coefficient (Wildman–Crippen LogP) is 0.872. The van der Waals surface area contributed by atoms with E-state index in [4.69, 9.17) is 5.11 Å². The minimum Gasteiger partial charge on any atom is -0.479 e. The number of hydrogen-bond donors (Lipinski definition) is 2. The molecule has 0 saturated carbocycles. The van der Waals surface area contributed by atoms with Crippen molar-refractivity contribution < 1.29 is 19.1 Å². The van der Waals surface area contributed by atoms with Gasteiger partial charge in [0.2, 0.25) is 6.41 Å². The highest BCUT2D eigenvalue weighted by Crippen LogP contribution is 2.20. The van der Waals surface area contributed by atoms with Crippen LogP contribution < -0.4 is 5.32 Å². The number of aliphatic carboxylic acids is 1. The minimum absolute atomic E-state index is 0.303. The normalized spacial score (nSPS) is 14.0. The van der Waals surface area contributed by atoms with E-state index in [9.17, 15) is 14.0 Å². The monoisotopic (exact) mass is 211 g/mol. The fourth-order valence-electron chi connectivity index (χ4n) is 1.17. The lowest BCUT2D eigenvalue weighted by Gasteiger charge is -2.24. The van der Waals surface area contributed by atoms with Gasteiger partial charge in [0.05, 0.1) is 0 Å². The van der Waals surface area contributed by atoms with E-state index in [2.05, 4.69) is 5.32 Å². The molecule has 15 heavy (non-hydrogen) atoms. The Balaban J connectivity index is 3.14. The number of nitrogens with one attached hydrogen (secondary N) is 1. The van der Waals surface area contributed by atoms with Gasteiger partial charge in [-0.25, -0.2) is 9.18 Å². The summed E-state index contributed by atoms with van der Waals surface area (Å²) in [6, 6.07) is 4.92. The number of carbonyl (C=O) groups excluding carboxylic acids is 1. The van der Waals surface area contributed by atoms with Crippen LogP contribution in [0, 0.1) is 5.82 Å². The van der Waals surface area contributed by atoms with Gasteiger partial charge in [-0.3, -0.25) is 4.79 Å². The molecular formula is C10H10FNO3. The first-order valence-corrected chi connectivity index (χ1v) is 4.21. The van der Waals surface area contributed by atoms with Gasteiger partial charge in [-0.2, -0.15) is 0 Å². The largest absolute Gasteiger partial charge is 0.479 e. The second-order valence-electron chi connectivity index (χ2n) is 3.20. The van der Waals surface area contributed by atoms with Crippen molar-refractivity contribution in [2.75, 3.05) is 0 Å². The number of benzene rings is 1. The minimum atomic E-state index is -1.53. The molecule has 1 aromatic rings. The molecule has 0 saturated heterocycles. The van der Waals surface area contributed by atoms with Gasteiger partial charge in [-0.15, -0.1) is 0 Å². The molecule has 80 valence electrons. The van der Waals surface area contributed by atoms with Crippen molar-refractivity contribution in [1.29, 1.82) is 0 Å². The molecular weight excluding hydrogens is 201 g/mol. The molecule has 0 radical (unpaired) electrons. The molecule has 0 aromatic heterocycles. The smallest absolute Gasteiger partial charge is 0.333 e. The lowest BCUT2D eigenvalue weighted by molar-refractivity contribution is -0.145. The second-order valence-corrected chi connectivity index (χ2v) is 3.20. The number of carbonyl (C=O) groups is 2. The fourth-order valence-corrected chi connectivity index (χ4v) is 1.17. The molecule has 1 aromatic carbocycles. The van der Waals surface area contributed by atoms with Crippen LogP contribution in [0.25, 0.3) is 0 Å². The number of carboxylic acids is 1. The standard InChI is InChI=1S/C10H10FNO3/c1-10(9(14)15,12-6-13)7-2-4-8(11)5-3-7/h2-6H,1H3,(H,12,13)(H,14,15). The zero-order chi connectivity index (χ0) is 11.5. The highest BCUT2D eigenvalue weighted by Gasteiger charge is 2.34. The van der Waals surface area contributed by atoms with Crippen molar-refractivity contribution in [1.82, 2.24) is 5.32 Å². The summed E-state index contributed by atoms with van der Waals surface area (Å²) < 4.78 is 12.6. The zero-order valence-corrected chi connectivity index (χ0v) is 8.03. The van der Waals surface area contributed by atoms with Crippen molar-refractivity contribution in [3.05, 3.63) is 35.6 Å². The van der Waals surface area contributed by atoms with Crippen LogP contribution in [-0.2, 0) is 15.1 Å². The summed E-state index contributed by atoms with van der Waals surface area (Å²) in [5.74, 6) is -1.67. The van der Waals surface area contributed by atoms with E-state index in [1.165, 1.54) is 19.1 Å². The quantitative estimate of drug-likeness (QED) is 0.726. The Morgan fingerprint density at radius 3 is 2.40 bits per heavy atom. The van der Waals surface area contributed by atoms with Crippen LogP contribution >= 0.6 is 0 Å². The van der Waals surface area contributed by atoms with Crippen molar-refractivity contribution in [3.63, 3.8) is 0 Å². The summed E-state index contributed by atoms with van der Waals surface area (Å²) in [7, 11) is 0. The molecule has 0 aliphatic carbocycles. The molecule has 0 aliphatic rings. The molecule has 0 fully saturated rings. The van der Waals surface area contributed by atoms with Crippen LogP contribution in [0.2, 0.25) is 0 Å². The number of amides is 1. The van der Waals surface area contributed by atoms with Crippen LogP contribution in [0.3, 0.4) is 0 Å². The predicted molar refractivity (Wildman–Crippen MR) is 50.6 cm³/mol. The highest BCUT2D eigenvalue weighted by atomic mass is 19.1. The van der Waals surface area contributed by atoms with Crippen molar-refractivity contribution in [3.8, 4) is 0 Å². The summed E-state index contributed by atoms with van der Waals surface area (Å²) in [6.45, 7) is 1.33. The Morgan fingerprint density at radius 1 is 1.47 bits per heavy atom. The van der Waals surface area contributed by atoms with Crippen molar-refractivity contribution in [2.24, 2.45) is 0 Å². The van der Waals surface area contributed by atoms with E-state index in [1.807, 2.05) is 0 Å². The Kier molecular flexibility index (Phi) is 3.04. The fraction of sp³-hybridized carbons (Fsp3) is 0.200. The van der Waals surface area contributed by atoms with Crippen LogP contribution in [0.15, 0.2) is 24.3 Å². The van der Waals surface area contributed by atoms with E-state index in [0.29, 0.717) is 12.0 Å². The maximum Gasteiger partial charge on any atom is 0.333 e. The van der Waals surface area contributed by atoms with E-state index in [1.54, 1.807) is 0 Å². The number of halogens is 1. The van der Waals surface area contributed by atoms with Gasteiger partial charge in [0, 0.05) is 0 Å². The topological polar surface area (TPSA) is 66.4 Å². The van der Waals surface area contributed by atoms with Crippen molar-refractivity contribution in [2.45, 2.75) is 12.5 Å². The maximum absolute atomic E-state index is 12.6. The van der Waals surface area contributed by atoms with E-state index in [0.717, 1.165) is 12.1 Å².